The zero-order valence-electron chi connectivity index (χ0n) is 19.6. The fraction of sp³-hybridized carbons (Fsp3) is 0.231. The van der Waals surface area contributed by atoms with E-state index in [1.807, 2.05) is 37.3 Å². The maximum Gasteiger partial charge on any atom is 0.337 e. The molecule has 7 nitrogen and oxygen atoms in total. The number of rotatable bonds is 8. The summed E-state index contributed by atoms with van der Waals surface area (Å²) in [6.07, 6.45) is 0.163. The van der Waals surface area contributed by atoms with E-state index in [0.29, 0.717) is 22.4 Å². The zero-order valence-corrected chi connectivity index (χ0v) is 20.4. The summed E-state index contributed by atoms with van der Waals surface area (Å²) in [5.74, 6) is -1.00. The molecular formula is C26H28N2O5S. The van der Waals surface area contributed by atoms with Gasteiger partial charge in [-0.05, 0) is 68.1 Å². The van der Waals surface area contributed by atoms with Gasteiger partial charge in [-0.2, -0.15) is 4.72 Å². The van der Waals surface area contributed by atoms with Crippen LogP contribution in [0, 0.1) is 20.8 Å². The van der Waals surface area contributed by atoms with Gasteiger partial charge in [-0.25, -0.2) is 13.2 Å². The molecule has 1 atom stereocenters. The number of hydrogen-bond acceptors (Lipinski definition) is 5. The molecule has 0 saturated heterocycles. The average Bonchev–Trinajstić information content (AvgIpc) is 2.78. The number of sulfonamides is 1. The molecule has 1 unspecified atom stereocenters. The molecule has 0 radical (unpaired) electrons. The molecule has 0 heterocycles. The van der Waals surface area contributed by atoms with Crippen LogP contribution >= 0.6 is 0 Å². The number of benzene rings is 3. The van der Waals surface area contributed by atoms with E-state index in [0.717, 1.165) is 11.1 Å². The smallest absolute Gasteiger partial charge is 0.337 e. The van der Waals surface area contributed by atoms with Gasteiger partial charge in [0.15, 0.2) is 0 Å². The summed E-state index contributed by atoms with van der Waals surface area (Å²) in [7, 11) is -2.70. The third-order valence-electron chi connectivity index (χ3n) is 5.34. The molecule has 8 heteroatoms. The molecule has 0 aromatic heterocycles. The second-order valence-electron chi connectivity index (χ2n) is 8.15. The van der Waals surface area contributed by atoms with E-state index in [9.17, 15) is 18.0 Å². The summed E-state index contributed by atoms with van der Waals surface area (Å²) < 4.78 is 34.0. The van der Waals surface area contributed by atoms with Crippen LogP contribution in [0.5, 0.6) is 0 Å². The lowest BCUT2D eigenvalue weighted by atomic mass is 10.1. The Balaban J connectivity index is 1.89. The Morgan fingerprint density at radius 1 is 0.912 bits per heavy atom. The van der Waals surface area contributed by atoms with E-state index in [1.54, 1.807) is 38.1 Å². The van der Waals surface area contributed by atoms with Crippen LogP contribution in [0.2, 0.25) is 0 Å². The summed E-state index contributed by atoms with van der Waals surface area (Å²) in [6, 6.07) is 17.9. The molecular weight excluding hydrogens is 452 g/mol. The molecule has 0 fully saturated rings. The highest BCUT2D eigenvalue weighted by Crippen LogP contribution is 2.22. The zero-order chi connectivity index (χ0) is 24.9. The molecule has 0 aliphatic carbocycles. The van der Waals surface area contributed by atoms with Crippen LogP contribution in [0.3, 0.4) is 0 Å². The van der Waals surface area contributed by atoms with Crippen LogP contribution < -0.4 is 10.0 Å². The van der Waals surface area contributed by atoms with Crippen LogP contribution in [0.15, 0.2) is 71.6 Å². The van der Waals surface area contributed by atoms with Gasteiger partial charge in [0.1, 0.15) is 6.04 Å². The molecule has 0 bridgehead atoms. The van der Waals surface area contributed by atoms with E-state index < -0.39 is 27.9 Å². The van der Waals surface area contributed by atoms with Crippen molar-refractivity contribution in [3.05, 3.63) is 94.5 Å². The van der Waals surface area contributed by atoms with Crippen molar-refractivity contribution in [2.75, 3.05) is 12.4 Å². The summed E-state index contributed by atoms with van der Waals surface area (Å²) in [6.45, 7) is 5.38. The fourth-order valence-electron chi connectivity index (χ4n) is 3.91. The van der Waals surface area contributed by atoms with E-state index in [4.69, 9.17) is 0 Å². The summed E-state index contributed by atoms with van der Waals surface area (Å²) in [5, 5.41) is 2.74. The Kier molecular flexibility index (Phi) is 7.86. The molecule has 34 heavy (non-hydrogen) atoms. The van der Waals surface area contributed by atoms with E-state index in [1.165, 1.54) is 19.2 Å². The molecule has 0 aliphatic heterocycles. The van der Waals surface area contributed by atoms with Gasteiger partial charge in [0.05, 0.1) is 17.6 Å². The lowest BCUT2D eigenvalue weighted by Crippen LogP contribution is -2.45. The largest absolute Gasteiger partial charge is 0.465 e. The van der Waals surface area contributed by atoms with Crippen LogP contribution in [-0.2, 0) is 26.0 Å². The number of ether oxygens (including phenoxy) is 1. The summed E-state index contributed by atoms with van der Waals surface area (Å²) >= 11 is 0. The van der Waals surface area contributed by atoms with E-state index in [-0.39, 0.29) is 11.3 Å². The third-order valence-corrected chi connectivity index (χ3v) is 7.12. The normalized spacial score (nSPS) is 12.1. The molecule has 3 rings (SSSR count). The first-order valence-corrected chi connectivity index (χ1v) is 12.2. The molecule has 178 valence electrons. The number of methoxy groups -OCH3 is 1. The molecule has 1 amide bonds. The standard InChI is InChI=1S/C26H28N2O5S/c1-17-14-18(2)24(19(3)15-17)34(31,32)28-23(16-20-8-6-5-7-9-20)25(29)27-22-12-10-21(11-13-22)26(30)33-4/h5-15,23,28H,16H2,1-4H3,(H,27,29). The van der Waals surface area contributed by atoms with Crippen LogP contribution in [0.1, 0.15) is 32.6 Å². The van der Waals surface area contributed by atoms with Gasteiger partial charge in [-0.15, -0.1) is 0 Å². The summed E-state index contributed by atoms with van der Waals surface area (Å²) in [4.78, 5) is 25.0. The minimum Gasteiger partial charge on any atom is -0.465 e. The number of aryl methyl sites for hydroxylation is 3. The third kappa shape index (κ3) is 6.09. The molecule has 0 aliphatic rings. The van der Waals surface area contributed by atoms with Gasteiger partial charge in [0, 0.05) is 5.69 Å². The number of carbonyl (C=O) groups is 2. The Morgan fingerprint density at radius 3 is 2.06 bits per heavy atom. The predicted molar refractivity (Wildman–Crippen MR) is 131 cm³/mol. The van der Waals surface area contributed by atoms with Crippen molar-refractivity contribution in [2.24, 2.45) is 0 Å². The highest BCUT2D eigenvalue weighted by atomic mass is 32.2. The van der Waals surface area contributed by atoms with Gasteiger partial charge in [-0.3, -0.25) is 4.79 Å². The number of hydrogen-bond donors (Lipinski definition) is 2. The highest BCUT2D eigenvalue weighted by molar-refractivity contribution is 7.89. The topological polar surface area (TPSA) is 102 Å². The molecule has 0 spiro atoms. The van der Waals surface area contributed by atoms with Crippen LogP contribution in [0.25, 0.3) is 0 Å². The highest BCUT2D eigenvalue weighted by Gasteiger charge is 2.28. The van der Waals surface area contributed by atoms with Crippen LogP contribution in [-0.4, -0.2) is 33.4 Å². The Morgan fingerprint density at radius 2 is 1.50 bits per heavy atom. The number of carbonyl (C=O) groups excluding carboxylic acids is 2. The van der Waals surface area contributed by atoms with Gasteiger partial charge in [0.2, 0.25) is 15.9 Å². The van der Waals surface area contributed by atoms with Gasteiger partial charge in [0.25, 0.3) is 0 Å². The number of amides is 1. The Labute approximate surface area is 200 Å². The van der Waals surface area contributed by atoms with Crippen molar-refractivity contribution in [2.45, 2.75) is 38.1 Å². The van der Waals surface area contributed by atoms with Crippen molar-refractivity contribution < 1.29 is 22.7 Å². The maximum absolute atomic E-state index is 13.4. The minimum absolute atomic E-state index is 0.163. The van der Waals surface area contributed by atoms with Crippen molar-refractivity contribution >= 4 is 27.6 Å². The molecule has 3 aromatic rings. The second kappa shape index (κ2) is 10.6. The van der Waals surface area contributed by atoms with Crippen molar-refractivity contribution in [1.29, 1.82) is 0 Å². The van der Waals surface area contributed by atoms with Gasteiger partial charge < -0.3 is 10.1 Å². The Hall–Kier alpha value is -3.49. The van der Waals surface area contributed by atoms with E-state index >= 15 is 0 Å². The fourth-order valence-corrected chi connectivity index (χ4v) is 5.56. The van der Waals surface area contributed by atoms with Crippen molar-refractivity contribution in [1.82, 2.24) is 4.72 Å². The first-order chi connectivity index (χ1) is 16.1. The monoisotopic (exact) mass is 480 g/mol. The van der Waals surface area contributed by atoms with Crippen molar-refractivity contribution in [3.8, 4) is 0 Å². The quantitative estimate of drug-likeness (QED) is 0.476. The second-order valence-corrected chi connectivity index (χ2v) is 9.80. The first kappa shape index (κ1) is 25.1. The van der Waals surface area contributed by atoms with E-state index in [2.05, 4.69) is 14.8 Å². The first-order valence-electron chi connectivity index (χ1n) is 10.7. The number of anilines is 1. The molecule has 2 N–H and O–H groups in total. The molecule has 3 aromatic carbocycles. The SMILES string of the molecule is COC(=O)c1ccc(NC(=O)C(Cc2ccccc2)NS(=O)(=O)c2c(C)cc(C)cc2C)cc1. The summed E-state index contributed by atoms with van der Waals surface area (Å²) in [5.41, 5.74) is 3.76. The maximum atomic E-state index is 13.4. The lowest BCUT2D eigenvalue weighted by Gasteiger charge is -2.21. The molecule has 0 saturated carbocycles. The lowest BCUT2D eigenvalue weighted by molar-refractivity contribution is -0.117. The van der Waals surface area contributed by atoms with Gasteiger partial charge >= 0.3 is 5.97 Å². The number of nitrogens with one attached hydrogen (secondary N) is 2. The average molecular weight is 481 g/mol. The minimum atomic E-state index is -3.99. The number of esters is 1. The Bertz CT molecular complexity index is 1260. The van der Waals surface area contributed by atoms with Crippen LogP contribution in [0.4, 0.5) is 5.69 Å². The predicted octanol–water partition coefficient (Wildman–Crippen LogP) is 3.93. The van der Waals surface area contributed by atoms with Gasteiger partial charge in [-0.1, -0.05) is 48.0 Å². The van der Waals surface area contributed by atoms with Crippen molar-refractivity contribution in [3.63, 3.8) is 0 Å².